The van der Waals surface area contributed by atoms with E-state index in [1.807, 2.05) is 12.1 Å². The Bertz CT molecular complexity index is 1060. The fourth-order valence-corrected chi connectivity index (χ4v) is 6.87. The van der Waals surface area contributed by atoms with Gasteiger partial charge >= 0.3 is 0 Å². The first-order valence-electron chi connectivity index (χ1n) is 10.7. The molecule has 148 valence electrons. The molecule has 2 aromatic carbocycles. The van der Waals surface area contributed by atoms with Crippen LogP contribution in [0.1, 0.15) is 54.6 Å². The standard InChI is InChI=1S/C25H24ClNO2/c26-20-3-6-22-18(10-20)11-23(29-22)24(28)27-21-4-1-19(2-5-21)25-12-15-7-16(13-25)9-17(8-15)14-25/h1-6,10-11,15-17H,7-9,12-14H2,(H,27,28). The summed E-state index contributed by atoms with van der Waals surface area (Å²) < 4.78 is 5.67. The van der Waals surface area contributed by atoms with Crippen LogP contribution in [0.3, 0.4) is 0 Å². The molecule has 29 heavy (non-hydrogen) atoms. The van der Waals surface area contributed by atoms with Crippen LogP contribution < -0.4 is 5.32 Å². The van der Waals surface area contributed by atoms with Gasteiger partial charge in [-0.15, -0.1) is 0 Å². The fraction of sp³-hybridized carbons (Fsp3) is 0.400. The Morgan fingerprint density at radius 3 is 2.24 bits per heavy atom. The van der Waals surface area contributed by atoms with E-state index in [-0.39, 0.29) is 5.91 Å². The van der Waals surface area contributed by atoms with E-state index in [2.05, 4.69) is 17.4 Å². The number of hydrogen-bond donors (Lipinski definition) is 1. The average molecular weight is 406 g/mol. The highest BCUT2D eigenvalue weighted by Gasteiger charge is 2.51. The highest BCUT2D eigenvalue weighted by Crippen LogP contribution is 2.60. The average Bonchev–Trinajstić information content (AvgIpc) is 3.11. The Labute approximate surface area is 175 Å². The first-order valence-corrected chi connectivity index (χ1v) is 11.1. The third-order valence-corrected chi connectivity index (χ3v) is 7.73. The van der Waals surface area contributed by atoms with Crippen LogP contribution in [0.4, 0.5) is 5.69 Å². The number of fused-ring (bicyclic) bond motifs is 1. The Hall–Kier alpha value is -2.26. The van der Waals surface area contributed by atoms with Crippen LogP contribution in [0.2, 0.25) is 5.02 Å². The molecule has 0 unspecified atom stereocenters. The molecule has 4 heteroatoms. The zero-order valence-electron chi connectivity index (χ0n) is 16.3. The van der Waals surface area contributed by atoms with Crippen molar-refractivity contribution in [1.29, 1.82) is 0 Å². The molecule has 0 atom stereocenters. The number of furan rings is 1. The Morgan fingerprint density at radius 1 is 0.931 bits per heavy atom. The minimum absolute atomic E-state index is 0.236. The third-order valence-electron chi connectivity index (χ3n) is 7.50. The fourth-order valence-electron chi connectivity index (χ4n) is 6.69. The van der Waals surface area contributed by atoms with Gasteiger partial charge in [-0.05, 0) is 104 Å². The first-order chi connectivity index (χ1) is 14.1. The van der Waals surface area contributed by atoms with Gasteiger partial charge in [0.15, 0.2) is 5.76 Å². The highest BCUT2D eigenvalue weighted by atomic mass is 35.5. The van der Waals surface area contributed by atoms with Gasteiger partial charge < -0.3 is 9.73 Å². The summed E-state index contributed by atoms with van der Waals surface area (Å²) in [4.78, 5) is 12.6. The number of anilines is 1. The van der Waals surface area contributed by atoms with Crippen molar-refractivity contribution in [3.8, 4) is 0 Å². The number of hydrogen-bond acceptors (Lipinski definition) is 2. The lowest BCUT2D eigenvalue weighted by molar-refractivity contribution is -0.00518. The Morgan fingerprint density at radius 2 is 1.59 bits per heavy atom. The normalized spacial score (nSPS) is 30.0. The molecule has 4 bridgehead atoms. The van der Waals surface area contributed by atoms with Crippen LogP contribution in [0.15, 0.2) is 52.9 Å². The van der Waals surface area contributed by atoms with E-state index in [4.69, 9.17) is 16.0 Å². The quantitative estimate of drug-likeness (QED) is 0.520. The van der Waals surface area contributed by atoms with Crippen molar-refractivity contribution in [2.24, 2.45) is 17.8 Å². The molecule has 0 radical (unpaired) electrons. The minimum Gasteiger partial charge on any atom is -0.451 e. The molecule has 7 rings (SSSR count). The van der Waals surface area contributed by atoms with Crippen LogP contribution in [0.25, 0.3) is 11.0 Å². The van der Waals surface area contributed by atoms with Crippen molar-refractivity contribution in [2.75, 3.05) is 5.32 Å². The minimum atomic E-state index is -0.236. The summed E-state index contributed by atoms with van der Waals surface area (Å²) in [5.74, 6) is 2.86. The van der Waals surface area contributed by atoms with Gasteiger partial charge in [-0.25, -0.2) is 0 Å². The largest absolute Gasteiger partial charge is 0.451 e. The second-order valence-corrected chi connectivity index (χ2v) is 9.96. The Kier molecular flexibility index (Phi) is 3.86. The van der Waals surface area contributed by atoms with E-state index in [1.54, 1.807) is 24.3 Å². The molecule has 1 heterocycles. The van der Waals surface area contributed by atoms with Crippen molar-refractivity contribution >= 4 is 34.2 Å². The first kappa shape index (κ1) is 17.6. The third kappa shape index (κ3) is 2.98. The molecule has 4 aliphatic carbocycles. The number of nitrogens with one attached hydrogen (secondary N) is 1. The van der Waals surface area contributed by atoms with Gasteiger partial charge in [0.25, 0.3) is 5.91 Å². The van der Waals surface area contributed by atoms with Crippen molar-refractivity contribution < 1.29 is 9.21 Å². The lowest BCUT2D eigenvalue weighted by Gasteiger charge is -2.57. The summed E-state index contributed by atoms with van der Waals surface area (Å²) in [5.41, 5.74) is 3.32. The number of rotatable bonds is 3. The smallest absolute Gasteiger partial charge is 0.291 e. The Balaban J connectivity index is 1.21. The van der Waals surface area contributed by atoms with E-state index in [0.29, 0.717) is 21.8 Å². The molecule has 0 saturated heterocycles. The summed E-state index contributed by atoms with van der Waals surface area (Å²) in [7, 11) is 0. The van der Waals surface area contributed by atoms with Crippen LogP contribution in [-0.2, 0) is 5.41 Å². The lowest BCUT2D eigenvalue weighted by atomic mass is 9.48. The summed E-state index contributed by atoms with van der Waals surface area (Å²) >= 11 is 6.02. The van der Waals surface area contributed by atoms with Crippen molar-refractivity contribution in [1.82, 2.24) is 0 Å². The monoisotopic (exact) mass is 405 g/mol. The predicted molar refractivity (Wildman–Crippen MR) is 115 cm³/mol. The number of carbonyl (C=O) groups excluding carboxylic acids is 1. The molecule has 4 saturated carbocycles. The molecule has 0 aliphatic heterocycles. The summed E-state index contributed by atoms with van der Waals surface area (Å²) in [6, 6.07) is 15.7. The molecule has 3 nitrogen and oxygen atoms in total. The second kappa shape index (κ2) is 6.37. The highest BCUT2D eigenvalue weighted by molar-refractivity contribution is 6.31. The van der Waals surface area contributed by atoms with Gasteiger partial charge in [-0.2, -0.15) is 0 Å². The number of amides is 1. The van der Waals surface area contributed by atoms with E-state index in [9.17, 15) is 4.79 Å². The van der Waals surface area contributed by atoms with E-state index >= 15 is 0 Å². The van der Waals surface area contributed by atoms with Gasteiger partial charge in [0, 0.05) is 16.1 Å². The van der Waals surface area contributed by atoms with Crippen LogP contribution in [0.5, 0.6) is 0 Å². The van der Waals surface area contributed by atoms with Crippen LogP contribution in [-0.4, -0.2) is 5.91 Å². The summed E-state index contributed by atoms with van der Waals surface area (Å²) in [6.45, 7) is 0. The van der Waals surface area contributed by atoms with Crippen LogP contribution in [0, 0.1) is 17.8 Å². The van der Waals surface area contributed by atoms with Crippen molar-refractivity contribution in [2.45, 2.75) is 43.9 Å². The predicted octanol–water partition coefficient (Wildman–Crippen LogP) is 6.81. The zero-order valence-corrected chi connectivity index (χ0v) is 17.0. The van der Waals surface area contributed by atoms with Gasteiger partial charge in [0.05, 0.1) is 0 Å². The van der Waals surface area contributed by atoms with Gasteiger partial charge in [-0.3, -0.25) is 4.79 Å². The molecule has 1 aromatic heterocycles. The zero-order chi connectivity index (χ0) is 19.6. The maximum atomic E-state index is 12.6. The maximum absolute atomic E-state index is 12.6. The number of halogens is 1. The van der Waals surface area contributed by atoms with Crippen molar-refractivity contribution in [3.05, 3.63) is 64.9 Å². The topological polar surface area (TPSA) is 42.2 Å². The molecule has 4 aliphatic rings. The SMILES string of the molecule is O=C(Nc1ccc(C23CC4CC(CC(C4)C2)C3)cc1)c1cc2cc(Cl)ccc2o1. The molecule has 3 aromatic rings. The maximum Gasteiger partial charge on any atom is 0.291 e. The van der Waals surface area contributed by atoms with E-state index < -0.39 is 0 Å². The second-order valence-electron chi connectivity index (χ2n) is 9.52. The number of benzene rings is 2. The van der Waals surface area contributed by atoms with Gasteiger partial charge in [0.2, 0.25) is 0 Å². The van der Waals surface area contributed by atoms with Gasteiger partial charge in [0.1, 0.15) is 5.58 Å². The van der Waals surface area contributed by atoms with Crippen LogP contribution >= 0.6 is 11.6 Å². The molecule has 1 amide bonds. The van der Waals surface area contributed by atoms with Gasteiger partial charge in [-0.1, -0.05) is 23.7 Å². The summed E-state index contributed by atoms with van der Waals surface area (Å²) in [5, 5.41) is 4.43. The lowest BCUT2D eigenvalue weighted by Crippen LogP contribution is -2.48. The van der Waals surface area contributed by atoms with E-state index in [1.165, 1.54) is 44.1 Å². The van der Waals surface area contributed by atoms with E-state index in [0.717, 1.165) is 28.8 Å². The number of carbonyl (C=O) groups is 1. The molecular weight excluding hydrogens is 382 g/mol. The summed E-state index contributed by atoms with van der Waals surface area (Å²) in [6.07, 6.45) is 8.42. The molecule has 1 N–H and O–H groups in total. The van der Waals surface area contributed by atoms with Crippen molar-refractivity contribution in [3.63, 3.8) is 0 Å². The molecular formula is C25H24ClNO2. The molecule has 4 fully saturated rings. The molecule has 0 spiro atoms.